The predicted molar refractivity (Wildman–Crippen MR) is 93.7 cm³/mol. The maximum Gasteiger partial charge on any atom is 0.0355 e. The number of pyridine rings is 1. The molecule has 0 radical (unpaired) electrons. The van der Waals surface area contributed by atoms with Crippen LogP contribution in [-0.4, -0.2) is 4.98 Å². The van der Waals surface area contributed by atoms with Crippen molar-refractivity contribution in [3.05, 3.63) is 85.2 Å². The van der Waals surface area contributed by atoms with E-state index in [0.717, 1.165) is 5.56 Å². The summed E-state index contributed by atoms with van der Waals surface area (Å²) in [5.41, 5.74) is 1.11. The van der Waals surface area contributed by atoms with Gasteiger partial charge in [-0.15, -0.1) is 11.3 Å². The highest BCUT2D eigenvalue weighted by molar-refractivity contribution is 7.25. The molecule has 4 rings (SSSR count). The van der Waals surface area contributed by atoms with E-state index >= 15 is 0 Å². The summed E-state index contributed by atoms with van der Waals surface area (Å²) in [7, 11) is 0. The summed E-state index contributed by atoms with van der Waals surface area (Å²) in [6.07, 6.45) is 5.29. The van der Waals surface area contributed by atoms with Gasteiger partial charge in [0.05, 0.1) is 0 Å². The van der Waals surface area contributed by atoms with Gasteiger partial charge in [0, 0.05) is 32.6 Å². The van der Waals surface area contributed by atoms with Gasteiger partial charge in [-0.2, -0.15) is 0 Å². The standard InChI is InChI=1S/C12H8S.C7H7N/c1-3-7-11-9(5-1)10-6-2-4-8-12(10)13-11;1-2-7-3-5-8-6-4-7/h1-8H;2-6H,1H2. The fraction of sp³-hybridized carbons (Fsp3) is 0. The van der Waals surface area contributed by atoms with Crippen LogP contribution in [0.5, 0.6) is 0 Å². The minimum atomic E-state index is 1.11. The van der Waals surface area contributed by atoms with Crippen LogP contribution in [0.3, 0.4) is 0 Å². The van der Waals surface area contributed by atoms with Gasteiger partial charge in [0.2, 0.25) is 0 Å². The van der Waals surface area contributed by atoms with Crippen LogP contribution >= 0.6 is 11.3 Å². The van der Waals surface area contributed by atoms with E-state index in [-0.39, 0.29) is 0 Å². The lowest BCUT2D eigenvalue weighted by Crippen LogP contribution is -1.69. The highest BCUT2D eigenvalue weighted by atomic mass is 32.1. The Morgan fingerprint density at radius 2 is 1.29 bits per heavy atom. The molecule has 0 N–H and O–H groups in total. The van der Waals surface area contributed by atoms with E-state index in [2.05, 4.69) is 60.1 Å². The van der Waals surface area contributed by atoms with Gasteiger partial charge in [-0.3, -0.25) is 4.98 Å². The molecular weight excluding hydrogens is 274 g/mol. The number of aromatic nitrogens is 1. The minimum Gasteiger partial charge on any atom is -0.265 e. The van der Waals surface area contributed by atoms with Crippen molar-refractivity contribution < 1.29 is 0 Å². The molecule has 0 spiro atoms. The Kier molecular flexibility index (Phi) is 4.08. The lowest BCUT2D eigenvalue weighted by molar-refractivity contribution is 1.32. The lowest BCUT2D eigenvalue weighted by atomic mass is 10.2. The fourth-order valence-corrected chi connectivity index (χ4v) is 3.28. The molecule has 102 valence electrons. The third-order valence-corrected chi connectivity index (χ3v) is 4.38. The normalized spacial score (nSPS) is 10.1. The fourth-order valence-electron chi connectivity index (χ4n) is 2.17. The highest BCUT2D eigenvalue weighted by Crippen LogP contribution is 2.32. The van der Waals surface area contributed by atoms with Crippen molar-refractivity contribution in [1.29, 1.82) is 0 Å². The van der Waals surface area contributed by atoms with Crippen molar-refractivity contribution in [3.8, 4) is 0 Å². The number of rotatable bonds is 1. The number of thiophene rings is 1. The molecule has 0 aliphatic heterocycles. The maximum absolute atomic E-state index is 3.85. The van der Waals surface area contributed by atoms with Crippen LogP contribution in [0.2, 0.25) is 0 Å². The van der Waals surface area contributed by atoms with E-state index in [1.54, 1.807) is 18.5 Å². The molecule has 0 aliphatic rings. The average Bonchev–Trinajstić information content (AvgIpc) is 2.95. The van der Waals surface area contributed by atoms with Gasteiger partial charge in [0.15, 0.2) is 0 Å². The van der Waals surface area contributed by atoms with Gasteiger partial charge in [0.25, 0.3) is 0 Å². The summed E-state index contributed by atoms with van der Waals surface area (Å²) >= 11 is 1.86. The third kappa shape index (κ3) is 3.01. The lowest BCUT2D eigenvalue weighted by Gasteiger charge is -1.88. The molecule has 0 unspecified atom stereocenters. The molecule has 0 saturated carbocycles. The van der Waals surface area contributed by atoms with E-state index < -0.39 is 0 Å². The number of benzene rings is 2. The Bertz CT molecular complexity index is 812. The Morgan fingerprint density at radius 1 is 0.762 bits per heavy atom. The smallest absolute Gasteiger partial charge is 0.0355 e. The molecule has 2 aromatic carbocycles. The van der Waals surface area contributed by atoms with Crippen LogP contribution in [0.15, 0.2) is 79.6 Å². The monoisotopic (exact) mass is 289 g/mol. The number of nitrogens with zero attached hydrogens (tertiary/aromatic N) is 1. The zero-order valence-corrected chi connectivity index (χ0v) is 12.4. The molecular formula is C19H15NS. The van der Waals surface area contributed by atoms with Crippen LogP contribution in [0.4, 0.5) is 0 Å². The van der Waals surface area contributed by atoms with Crippen molar-refractivity contribution in [2.24, 2.45) is 0 Å². The second-order valence-electron chi connectivity index (χ2n) is 4.58. The molecule has 2 heterocycles. The quantitative estimate of drug-likeness (QED) is 0.433. The zero-order chi connectivity index (χ0) is 14.5. The van der Waals surface area contributed by atoms with E-state index in [1.807, 2.05) is 23.5 Å². The van der Waals surface area contributed by atoms with Crippen molar-refractivity contribution in [2.45, 2.75) is 0 Å². The number of fused-ring (bicyclic) bond motifs is 3. The van der Waals surface area contributed by atoms with Crippen molar-refractivity contribution >= 4 is 37.6 Å². The first kappa shape index (κ1) is 13.5. The van der Waals surface area contributed by atoms with Gasteiger partial charge in [-0.05, 0) is 29.8 Å². The Labute approximate surface area is 128 Å². The summed E-state index contributed by atoms with van der Waals surface area (Å²) in [5.74, 6) is 0. The summed E-state index contributed by atoms with van der Waals surface area (Å²) in [6.45, 7) is 3.60. The molecule has 0 aliphatic carbocycles. The first-order chi connectivity index (χ1) is 10.4. The van der Waals surface area contributed by atoms with E-state index in [9.17, 15) is 0 Å². The summed E-state index contributed by atoms with van der Waals surface area (Å²) < 4.78 is 2.76. The van der Waals surface area contributed by atoms with Crippen molar-refractivity contribution in [1.82, 2.24) is 4.98 Å². The third-order valence-electron chi connectivity index (χ3n) is 3.23. The molecule has 0 atom stereocenters. The molecule has 0 fully saturated rings. The molecule has 0 amide bonds. The summed E-state index contributed by atoms with van der Waals surface area (Å²) in [5, 5.41) is 2.76. The number of hydrogen-bond donors (Lipinski definition) is 0. The molecule has 2 heteroatoms. The van der Waals surface area contributed by atoms with Gasteiger partial charge in [0.1, 0.15) is 0 Å². The molecule has 4 aromatic rings. The molecule has 2 aromatic heterocycles. The van der Waals surface area contributed by atoms with Crippen molar-refractivity contribution in [2.75, 3.05) is 0 Å². The molecule has 21 heavy (non-hydrogen) atoms. The van der Waals surface area contributed by atoms with E-state index in [1.165, 1.54) is 20.2 Å². The SMILES string of the molecule is C=Cc1ccncc1.c1ccc2c(c1)sc1ccccc12. The maximum atomic E-state index is 3.85. The molecule has 0 saturated heterocycles. The van der Waals surface area contributed by atoms with Crippen LogP contribution in [0, 0.1) is 0 Å². The van der Waals surface area contributed by atoms with Gasteiger partial charge in [-0.25, -0.2) is 0 Å². The predicted octanol–water partition coefficient (Wildman–Crippen LogP) is 5.78. The van der Waals surface area contributed by atoms with E-state index in [4.69, 9.17) is 0 Å². The Balaban J connectivity index is 0.000000143. The van der Waals surface area contributed by atoms with Gasteiger partial charge >= 0.3 is 0 Å². The second kappa shape index (κ2) is 6.33. The summed E-state index contributed by atoms with van der Waals surface area (Å²) in [6, 6.07) is 20.9. The molecule has 0 bridgehead atoms. The first-order valence-electron chi connectivity index (χ1n) is 6.77. The Morgan fingerprint density at radius 3 is 1.76 bits per heavy atom. The van der Waals surface area contributed by atoms with Crippen LogP contribution in [0.25, 0.3) is 26.2 Å². The highest BCUT2D eigenvalue weighted by Gasteiger charge is 2.01. The van der Waals surface area contributed by atoms with Crippen LogP contribution in [-0.2, 0) is 0 Å². The zero-order valence-electron chi connectivity index (χ0n) is 11.6. The van der Waals surface area contributed by atoms with Gasteiger partial charge in [-0.1, -0.05) is 49.1 Å². The second-order valence-corrected chi connectivity index (χ2v) is 5.66. The number of hydrogen-bond acceptors (Lipinski definition) is 2. The van der Waals surface area contributed by atoms with E-state index in [0.29, 0.717) is 0 Å². The Hall–Kier alpha value is -2.45. The van der Waals surface area contributed by atoms with Gasteiger partial charge < -0.3 is 0 Å². The van der Waals surface area contributed by atoms with Crippen LogP contribution in [0.1, 0.15) is 5.56 Å². The summed E-state index contributed by atoms with van der Waals surface area (Å²) in [4.78, 5) is 3.85. The minimum absolute atomic E-state index is 1.11. The average molecular weight is 289 g/mol. The molecule has 1 nitrogen and oxygen atoms in total. The largest absolute Gasteiger partial charge is 0.265 e. The van der Waals surface area contributed by atoms with Crippen molar-refractivity contribution in [3.63, 3.8) is 0 Å². The van der Waals surface area contributed by atoms with Crippen LogP contribution < -0.4 is 0 Å². The topological polar surface area (TPSA) is 12.9 Å². The first-order valence-corrected chi connectivity index (χ1v) is 7.59.